The molecule has 0 aliphatic carbocycles. The van der Waals surface area contributed by atoms with E-state index in [1.807, 2.05) is 0 Å². The zero-order valence-corrected chi connectivity index (χ0v) is 12.4. The molecule has 0 heterocycles. The molecule has 0 fully saturated rings. The molecule has 0 amide bonds. The van der Waals surface area contributed by atoms with Gasteiger partial charge in [-0.3, -0.25) is 0 Å². The summed E-state index contributed by atoms with van der Waals surface area (Å²) in [6.45, 7) is 0. The highest BCUT2D eigenvalue weighted by Gasteiger charge is 2.11. The normalized spacial score (nSPS) is 10.7. The van der Waals surface area contributed by atoms with E-state index in [0.717, 1.165) is 0 Å². The number of hydrogen-bond donors (Lipinski definition) is 1. The van der Waals surface area contributed by atoms with Gasteiger partial charge in [-0.25, -0.2) is 4.79 Å². The number of halogens is 2. The highest BCUT2D eigenvalue weighted by atomic mass is 79.9. The molecule has 0 saturated heterocycles. The van der Waals surface area contributed by atoms with Gasteiger partial charge >= 0.3 is 5.97 Å². The van der Waals surface area contributed by atoms with Crippen LogP contribution in [0.2, 0.25) is 5.02 Å². The van der Waals surface area contributed by atoms with Crippen LogP contribution >= 0.6 is 27.5 Å². The van der Waals surface area contributed by atoms with Gasteiger partial charge in [-0.2, -0.15) is 0 Å². The van der Waals surface area contributed by atoms with Crippen LogP contribution in [-0.4, -0.2) is 17.4 Å². The Morgan fingerprint density at radius 2 is 1.95 bits per heavy atom. The van der Waals surface area contributed by atoms with Crippen molar-refractivity contribution >= 4 is 39.7 Å². The molecule has 0 unspecified atom stereocenters. The lowest BCUT2D eigenvalue weighted by Crippen LogP contribution is -2.08. The number of oxime groups is 1. The first-order valence-electron chi connectivity index (χ1n) is 5.55. The molecule has 6 heteroatoms. The van der Waals surface area contributed by atoms with E-state index in [-0.39, 0.29) is 0 Å². The van der Waals surface area contributed by atoms with Crippen LogP contribution in [0.15, 0.2) is 52.1 Å². The Morgan fingerprint density at radius 1 is 1.25 bits per heavy atom. The standard InChI is InChI=1S/C14H9BrClNO3/c15-12-7-9(8-17-19)1-6-13(12)20-14(18)10-2-4-11(16)5-3-10/h1-8,19H/b17-8-. The van der Waals surface area contributed by atoms with Crippen molar-refractivity contribution in [1.29, 1.82) is 0 Å². The van der Waals surface area contributed by atoms with Crippen LogP contribution in [0, 0.1) is 0 Å². The average molecular weight is 355 g/mol. The second kappa shape index (κ2) is 6.54. The fourth-order valence-corrected chi connectivity index (χ4v) is 2.10. The van der Waals surface area contributed by atoms with Crippen LogP contribution in [0.3, 0.4) is 0 Å². The Balaban J connectivity index is 2.17. The van der Waals surface area contributed by atoms with E-state index >= 15 is 0 Å². The van der Waals surface area contributed by atoms with Gasteiger partial charge in [0.05, 0.1) is 16.3 Å². The van der Waals surface area contributed by atoms with Gasteiger partial charge in [-0.1, -0.05) is 16.8 Å². The van der Waals surface area contributed by atoms with Crippen molar-refractivity contribution in [3.8, 4) is 5.75 Å². The molecule has 0 radical (unpaired) electrons. The quantitative estimate of drug-likeness (QED) is 0.296. The first kappa shape index (κ1) is 14.6. The summed E-state index contributed by atoms with van der Waals surface area (Å²) in [5.74, 6) is -0.106. The minimum absolute atomic E-state index is 0.375. The fraction of sp³-hybridized carbons (Fsp3) is 0. The SMILES string of the molecule is O=C(Oc1ccc(/C=N\O)cc1Br)c1ccc(Cl)cc1. The van der Waals surface area contributed by atoms with Crippen molar-refractivity contribution in [3.63, 3.8) is 0 Å². The lowest BCUT2D eigenvalue weighted by atomic mass is 10.2. The summed E-state index contributed by atoms with van der Waals surface area (Å²) in [6, 6.07) is 11.4. The van der Waals surface area contributed by atoms with Crippen LogP contribution in [-0.2, 0) is 0 Å². The van der Waals surface area contributed by atoms with Gasteiger partial charge in [0.1, 0.15) is 5.75 Å². The average Bonchev–Trinajstić information content (AvgIpc) is 2.43. The van der Waals surface area contributed by atoms with Crippen molar-refractivity contribution in [2.75, 3.05) is 0 Å². The molecular weight excluding hydrogens is 346 g/mol. The minimum atomic E-state index is -0.481. The second-order valence-electron chi connectivity index (χ2n) is 3.83. The monoisotopic (exact) mass is 353 g/mol. The molecule has 2 aromatic rings. The smallest absolute Gasteiger partial charge is 0.343 e. The molecule has 0 aliphatic heterocycles. The molecule has 2 aromatic carbocycles. The minimum Gasteiger partial charge on any atom is -0.422 e. The number of hydrogen-bond acceptors (Lipinski definition) is 4. The summed E-state index contributed by atoms with van der Waals surface area (Å²) in [6.07, 6.45) is 1.27. The van der Waals surface area contributed by atoms with Gasteiger partial charge in [0.25, 0.3) is 0 Å². The molecule has 0 atom stereocenters. The molecule has 20 heavy (non-hydrogen) atoms. The number of rotatable bonds is 3. The predicted molar refractivity (Wildman–Crippen MR) is 79.9 cm³/mol. The van der Waals surface area contributed by atoms with E-state index in [1.165, 1.54) is 6.21 Å². The Labute approximate surface area is 128 Å². The Kier molecular flexibility index (Phi) is 4.76. The molecule has 4 nitrogen and oxygen atoms in total. The summed E-state index contributed by atoms with van der Waals surface area (Å²) in [7, 11) is 0. The zero-order valence-electron chi connectivity index (χ0n) is 10.1. The van der Waals surface area contributed by atoms with Crippen molar-refractivity contribution in [2.24, 2.45) is 5.16 Å². The van der Waals surface area contributed by atoms with Crippen molar-refractivity contribution in [1.82, 2.24) is 0 Å². The third-order valence-electron chi connectivity index (χ3n) is 2.45. The van der Waals surface area contributed by atoms with Gasteiger partial charge in [0.15, 0.2) is 0 Å². The third-order valence-corrected chi connectivity index (χ3v) is 3.32. The first-order valence-corrected chi connectivity index (χ1v) is 6.72. The first-order chi connectivity index (χ1) is 9.60. The molecule has 0 bridgehead atoms. The summed E-state index contributed by atoms with van der Waals surface area (Å²) in [5, 5.41) is 11.9. The molecule has 0 aromatic heterocycles. The van der Waals surface area contributed by atoms with E-state index in [2.05, 4.69) is 21.1 Å². The molecule has 0 saturated carbocycles. The zero-order chi connectivity index (χ0) is 14.5. The number of benzene rings is 2. The number of esters is 1. The predicted octanol–water partition coefficient (Wildman–Crippen LogP) is 4.13. The van der Waals surface area contributed by atoms with Gasteiger partial charge in [-0.05, 0) is 64.0 Å². The van der Waals surface area contributed by atoms with Gasteiger partial charge in [-0.15, -0.1) is 0 Å². The van der Waals surface area contributed by atoms with Crippen LogP contribution in [0.4, 0.5) is 0 Å². The largest absolute Gasteiger partial charge is 0.422 e. The third kappa shape index (κ3) is 3.59. The Hall–Kier alpha value is -1.85. The number of carbonyl (C=O) groups is 1. The Bertz CT molecular complexity index is 656. The lowest BCUT2D eigenvalue weighted by Gasteiger charge is -2.07. The van der Waals surface area contributed by atoms with E-state index in [1.54, 1.807) is 42.5 Å². The van der Waals surface area contributed by atoms with E-state index < -0.39 is 5.97 Å². The number of nitrogens with zero attached hydrogens (tertiary/aromatic N) is 1. The van der Waals surface area contributed by atoms with Crippen LogP contribution in [0.1, 0.15) is 15.9 Å². The number of carbonyl (C=O) groups excluding carboxylic acids is 1. The highest BCUT2D eigenvalue weighted by molar-refractivity contribution is 9.10. The topological polar surface area (TPSA) is 58.9 Å². The molecule has 102 valence electrons. The number of ether oxygens (including phenoxy) is 1. The van der Waals surface area contributed by atoms with E-state index in [0.29, 0.717) is 26.4 Å². The van der Waals surface area contributed by atoms with Crippen LogP contribution in [0.5, 0.6) is 5.75 Å². The van der Waals surface area contributed by atoms with Crippen LogP contribution < -0.4 is 4.74 Å². The molecule has 0 spiro atoms. The van der Waals surface area contributed by atoms with Crippen LogP contribution in [0.25, 0.3) is 0 Å². The summed E-state index contributed by atoms with van der Waals surface area (Å²) in [5.41, 5.74) is 1.08. The van der Waals surface area contributed by atoms with Gasteiger partial charge in [0.2, 0.25) is 0 Å². The Morgan fingerprint density at radius 3 is 2.55 bits per heavy atom. The molecule has 0 aliphatic rings. The maximum absolute atomic E-state index is 11.9. The van der Waals surface area contributed by atoms with Crippen molar-refractivity contribution in [2.45, 2.75) is 0 Å². The second-order valence-corrected chi connectivity index (χ2v) is 5.12. The maximum Gasteiger partial charge on any atom is 0.343 e. The van der Waals surface area contributed by atoms with E-state index in [9.17, 15) is 4.79 Å². The van der Waals surface area contributed by atoms with Gasteiger partial charge < -0.3 is 9.94 Å². The highest BCUT2D eigenvalue weighted by Crippen LogP contribution is 2.26. The van der Waals surface area contributed by atoms with E-state index in [4.69, 9.17) is 21.5 Å². The fourth-order valence-electron chi connectivity index (χ4n) is 1.49. The maximum atomic E-state index is 11.9. The summed E-state index contributed by atoms with van der Waals surface area (Å²) >= 11 is 9.04. The van der Waals surface area contributed by atoms with Crippen molar-refractivity contribution < 1.29 is 14.7 Å². The lowest BCUT2D eigenvalue weighted by molar-refractivity contribution is 0.0733. The summed E-state index contributed by atoms with van der Waals surface area (Å²) < 4.78 is 5.85. The van der Waals surface area contributed by atoms with Gasteiger partial charge in [0, 0.05) is 5.02 Å². The van der Waals surface area contributed by atoms with Crippen molar-refractivity contribution in [3.05, 3.63) is 63.1 Å². The summed E-state index contributed by atoms with van der Waals surface area (Å²) in [4.78, 5) is 11.9. The molecular formula is C14H9BrClNO3. The molecule has 2 rings (SSSR count). The molecule has 1 N–H and O–H groups in total.